The van der Waals surface area contributed by atoms with E-state index in [0.717, 1.165) is 16.7 Å². The van der Waals surface area contributed by atoms with Crippen molar-refractivity contribution >= 4 is 11.6 Å². The maximum Gasteiger partial charge on any atom is 0.195 e. The second kappa shape index (κ2) is 10.2. The summed E-state index contributed by atoms with van der Waals surface area (Å²) in [7, 11) is 0. The number of benzene rings is 3. The SMILES string of the molecule is CC(C)(O)C(=O)c1ccc(Cc2ccc(C(=O)C(C)(O)CNCc3ccccc3)cc2)cc1. The molecule has 3 rings (SSSR count). The Bertz CT molecular complexity index is 1080. The summed E-state index contributed by atoms with van der Waals surface area (Å²) < 4.78 is 0. The molecule has 0 aliphatic carbocycles. The molecule has 0 saturated carbocycles. The van der Waals surface area contributed by atoms with Crippen molar-refractivity contribution in [1.82, 2.24) is 5.32 Å². The van der Waals surface area contributed by atoms with E-state index in [2.05, 4.69) is 5.32 Å². The van der Waals surface area contributed by atoms with Gasteiger partial charge in [-0.05, 0) is 43.9 Å². The average Bonchev–Trinajstić information content (AvgIpc) is 2.79. The summed E-state index contributed by atoms with van der Waals surface area (Å²) in [6.45, 7) is 5.20. The van der Waals surface area contributed by atoms with E-state index in [9.17, 15) is 19.8 Å². The Morgan fingerprint density at radius 2 is 1.18 bits per heavy atom. The number of aliphatic hydroxyl groups is 2. The standard InChI is InChI=1S/C28H31NO4/c1-27(2,32)25(30)23-13-9-20(10-14-23)17-21-11-15-24(16-12-21)26(31)28(3,33)19-29-18-22-7-5-4-6-8-22/h4-16,29,32-33H,17-19H2,1-3H3. The number of ketones is 2. The fourth-order valence-electron chi connectivity index (χ4n) is 3.57. The number of rotatable bonds is 10. The van der Waals surface area contributed by atoms with Crippen molar-refractivity contribution in [3.8, 4) is 0 Å². The lowest BCUT2D eigenvalue weighted by Crippen LogP contribution is -2.44. The molecular weight excluding hydrogens is 414 g/mol. The zero-order valence-corrected chi connectivity index (χ0v) is 19.3. The largest absolute Gasteiger partial charge is 0.382 e. The Labute approximate surface area is 195 Å². The fraction of sp³-hybridized carbons (Fsp3) is 0.286. The van der Waals surface area contributed by atoms with Crippen molar-refractivity contribution in [2.24, 2.45) is 0 Å². The van der Waals surface area contributed by atoms with Crippen molar-refractivity contribution < 1.29 is 19.8 Å². The van der Waals surface area contributed by atoms with E-state index in [1.807, 2.05) is 54.6 Å². The average molecular weight is 446 g/mol. The van der Waals surface area contributed by atoms with Crippen LogP contribution in [0, 0.1) is 0 Å². The van der Waals surface area contributed by atoms with Gasteiger partial charge in [0.15, 0.2) is 11.6 Å². The summed E-state index contributed by atoms with van der Waals surface area (Å²) >= 11 is 0. The zero-order valence-electron chi connectivity index (χ0n) is 19.3. The summed E-state index contributed by atoms with van der Waals surface area (Å²) in [6.07, 6.45) is 0.639. The molecule has 3 N–H and O–H groups in total. The first-order valence-corrected chi connectivity index (χ1v) is 11.0. The van der Waals surface area contributed by atoms with E-state index < -0.39 is 11.2 Å². The lowest BCUT2D eigenvalue weighted by Gasteiger charge is -2.22. The van der Waals surface area contributed by atoms with Gasteiger partial charge >= 0.3 is 0 Å². The highest BCUT2D eigenvalue weighted by Gasteiger charge is 2.30. The molecule has 172 valence electrons. The molecule has 0 heterocycles. The second-order valence-corrected chi connectivity index (χ2v) is 9.15. The van der Waals surface area contributed by atoms with Crippen molar-refractivity contribution in [3.05, 3.63) is 107 Å². The van der Waals surface area contributed by atoms with E-state index >= 15 is 0 Å². The zero-order chi connectivity index (χ0) is 24.1. The van der Waals surface area contributed by atoms with E-state index in [-0.39, 0.29) is 18.1 Å². The second-order valence-electron chi connectivity index (χ2n) is 9.15. The smallest absolute Gasteiger partial charge is 0.195 e. The molecular formula is C28H31NO4. The third kappa shape index (κ3) is 6.68. The van der Waals surface area contributed by atoms with Crippen LogP contribution in [0.5, 0.6) is 0 Å². The van der Waals surface area contributed by atoms with Gasteiger partial charge in [-0.15, -0.1) is 0 Å². The first-order valence-electron chi connectivity index (χ1n) is 11.0. The Hall–Kier alpha value is -3.12. The molecule has 1 atom stereocenters. The van der Waals surface area contributed by atoms with Gasteiger partial charge in [0.05, 0.1) is 0 Å². The van der Waals surface area contributed by atoms with E-state index in [1.165, 1.54) is 20.8 Å². The van der Waals surface area contributed by atoms with Crippen LogP contribution >= 0.6 is 0 Å². The molecule has 5 heteroatoms. The lowest BCUT2D eigenvalue weighted by molar-refractivity contribution is 0.0407. The number of Topliss-reactive ketones (excluding diaryl/α,β-unsaturated/α-hetero) is 2. The number of carbonyl (C=O) groups excluding carboxylic acids is 2. The van der Waals surface area contributed by atoms with Gasteiger partial charge < -0.3 is 15.5 Å². The van der Waals surface area contributed by atoms with E-state index in [4.69, 9.17) is 0 Å². The molecule has 0 amide bonds. The molecule has 5 nitrogen and oxygen atoms in total. The highest BCUT2D eigenvalue weighted by Crippen LogP contribution is 2.18. The van der Waals surface area contributed by atoms with Crippen LogP contribution in [-0.4, -0.2) is 39.5 Å². The van der Waals surface area contributed by atoms with Crippen LogP contribution in [0.2, 0.25) is 0 Å². The van der Waals surface area contributed by atoms with Crippen LogP contribution in [0.4, 0.5) is 0 Å². The van der Waals surface area contributed by atoms with Crippen molar-refractivity contribution in [2.75, 3.05) is 6.54 Å². The van der Waals surface area contributed by atoms with Gasteiger partial charge in [0.1, 0.15) is 11.2 Å². The van der Waals surface area contributed by atoms with Crippen LogP contribution in [0.1, 0.15) is 58.2 Å². The predicted molar refractivity (Wildman–Crippen MR) is 129 cm³/mol. The molecule has 1 unspecified atom stereocenters. The Kier molecular flexibility index (Phi) is 7.59. The van der Waals surface area contributed by atoms with E-state index in [1.54, 1.807) is 24.3 Å². The maximum atomic E-state index is 12.8. The Morgan fingerprint density at radius 3 is 1.67 bits per heavy atom. The van der Waals surface area contributed by atoms with Gasteiger partial charge in [-0.1, -0.05) is 78.9 Å². The molecule has 3 aromatic carbocycles. The number of hydrogen-bond donors (Lipinski definition) is 3. The molecule has 33 heavy (non-hydrogen) atoms. The van der Waals surface area contributed by atoms with Crippen molar-refractivity contribution in [2.45, 2.75) is 44.9 Å². The van der Waals surface area contributed by atoms with Gasteiger partial charge in [0, 0.05) is 24.2 Å². The molecule has 0 bridgehead atoms. The van der Waals surface area contributed by atoms with Crippen LogP contribution < -0.4 is 5.32 Å². The van der Waals surface area contributed by atoms with Crippen LogP contribution in [0.3, 0.4) is 0 Å². The number of carbonyl (C=O) groups is 2. The minimum absolute atomic E-state index is 0.151. The molecule has 0 saturated heterocycles. The van der Waals surface area contributed by atoms with Crippen LogP contribution in [0.25, 0.3) is 0 Å². The van der Waals surface area contributed by atoms with Gasteiger partial charge in [0.25, 0.3) is 0 Å². The van der Waals surface area contributed by atoms with Crippen LogP contribution in [-0.2, 0) is 13.0 Å². The summed E-state index contributed by atoms with van der Waals surface area (Å²) in [5.41, 5.74) is 1.11. The maximum absolute atomic E-state index is 12.8. The Balaban J connectivity index is 1.58. The molecule has 0 aliphatic heterocycles. The summed E-state index contributed by atoms with van der Waals surface area (Å²) in [4.78, 5) is 25.0. The highest BCUT2D eigenvalue weighted by atomic mass is 16.3. The van der Waals surface area contributed by atoms with Gasteiger partial charge in [-0.3, -0.25) is 9.59 Å². The lowest BCUT2D eigenvalue weighted by atomic mass is 9.92. The van der Waals surface area contributed by atoms with E-state index in [0.29, 0.717) is 24.1 Å². The Morgan fingerprint density at radius 1 is 0.697 bits per heavy atom. The van der Waals surface area contributed by atoms with Crippen molar-refractivity contribution in [3.63, 3.8) is 0 Å². The minimum Gasteiger partial charge on any atom is -0.382 e. The quantitative estimate of drug-likeness (QED) is 0.411. The monoisotopic (exact) mass is 445 g/mol. The van der Waals surface area contributed by atoms with Crippen LogP contribution in [0.15, 0.2) is 78.9 Å². The van der Waals surface area contributed by atoms with Gasteiger partial charge in [-0.2, -0.15) is 0 Å². The third-order valence-corrected chi connectivity index (χ3v) is 5.53. The van der Waals surface area contributed by atoms with Gasteiger partial charge in [0.2, 0.25) is 0 Å². The minimum atomic E-state index is -1.51. The molecule has 0 aromatic heterocycles. The number of hydrogen-bond acceptors (Lipinski definition) is 5. The third-order valence-electron chi connectivity index (χ3n) is 5.53. The highest BCUT2D eigenvalue weighted by molar-refractivity contribution is 6.02. The fourth-order valence-corrected chi connectivity index (χ4v) is 3.57. The first-order chi connectivity index (χ1) is 15.6. The summed E-state index contributed by atoms with van der Waals surface area (Å²) in [5.74, 6) is -0.647. The topological polar surface area (TPSA) is 86.6 Å². The molecule has 0 radical (unpaired) electrons. The summed E-state index contributed by atoms with van der Waals surface area (Å²) in [5, 5.41) is 23.7. The summed E-state index contributed by atoms with van der Waals surface area (Å²) in [6, 6.07) is 24.2. The number of nitrogens with one attached hydrogen (secondary N) is 1. The molecule has 0 fully saturated rings. The molecule has 0 spiro atoms. The molecule has 3 aromatic rings. The van der Waals surface area contributed by atoms with Crippen molar-refractivity contribution in [1.29, 1.82) is 0 Å². The van der Waals surface area contributed by atoms with Gasteiger partial charge in [-0.25, -0.2) is 0 Å². The normalized spacial score (nSPS) is 13.4. The predicted octanol–water partition coefficient (Wildman–Crippen LogP) is 3.95. The molecule has 0 aliphatic rings. The first kappa shape index (κ1) is 24.5.